The van der Waals surface area contributed by atoms with Gasteiger partial charge in [-0.1, -0.05) is 72.9 Å². The molecule has 0 fully saturated rings. The van der Waals surface area contributed by atoms with E-state index in [9.17, 15) is 0 Å². The van der Waals surface area contributed by atoms with Gasteiger partial charge in [-0.25, -0.2) is 0 Å². The first-order valence-corrected chi connectivity index (χ1v) is 16.6. The van der Waals surface area contributed by atoms with Crippen molar-refractivity contribution in [3.8, 4) is 0 Å². The van der Waals surface area contributed by atoms with Gasteiger partial charge in [-0.15, -0.1) is 0 Å². The van der Waals surface area contributed by atoms with Gasteiger partial charge in [0.05, 0.1) is 23.1 Å². The molecule has 0 saturated heterocycles. The number of allylic oxidation sites excluding steroid dienone is 9. The molecule has 5 heteroatoms. The molecule has 6 atom stereocenters. The number of rotatable bonds is 3. The first kappa shape index (κ1) is 26.9. The van der Waals surface area contributed by atoms with Crippen molar-refractivity contribution in [3.05, 3.63) is 145 Å². The average Bonchev–Trinajstić information content (AvgIpc) is 3.38. The summed E-state index contributed by atoms with van der Waals surface area (Å²) in [6, 6.07) is 5.21. The van der Waals surface area contributed by atoms with Crippen LogP contribution in [-0.2, 0) is 0 Å². The lowest BCUT2D eigenvalue weighted by Gasteiger charge is -2.40. The highest BCUT2D eigenvalue weighted by Gasteiger charge is 2.45. The molecule has 5 heterocycles. The Kier molecular flexibility index (Phi) is 6.48. The van der Waals surface area contributed by atoms with E-state index in [1.165, 1.54) is 51.6 Å². The Bertz CT molecular complexity index is 1810. The minimum Gasteiger partial charge on any atom is -0.333 e. The maximum atomic E-state index is 4.73. The lowest BCUT2D eigenvalue weighted by molar-refractivity contribution is 0.183. The van der Waals surface area contributed by atoms with Gasteiger partial charge in [0.1, 0.15) is 0 Å². The van der Waals surface area contributed by atoms with Crippen LogP contribution in [0.3, 0.4) is 0 Å². The van der Waals surface area contributed by atoms with Gasteiger partial charge in [0.2, 0.25) is 0 Å². The second-order valence-electron chi connectivity index (χ2n) is 13.3. The van der Waals surface area contributed by atoms with Crippen LogP contribution >= 0.6 is 0 Å². The summed E-state index contributed by atoms with van der Waals surface area (Å²) < 4.78 is 0. The Balaban J connectivity index is 1.17. The molecule has 9 rings (SSSR count). The number of pyridine rings is 2. The van der Waals surface area contributed by atoms with Crippen LogP contribution in [0.5, 0.6) is 0 Å². The van der Waals surface area contributed by atoms with Crippen LogP contribution in [0.4, 0.5) is 11.4 Å². The molecule has 0 N–H and O–H groups in total. The molecular formula is C40H39N5. The monoisotopic (exact) mass is 589 g/mol. The summed E-state index contributed by atoms with van der Waals surface area (Å²) in [4.78, 5) is 17.0. The summed E-state index contributed by atoms with van der Waals surface area (Å²) in [5.41, 5.74) is 9.80. The number of aromatic nitrogens is 2. The Morgan fingerprint density at radius 3 is 2.47 bits per heavy atom. The molecule has 0 spiro atoms. The third-order valence-electron chi connectivity index (χ3n) is 10.9. The fraction of sp³-hybridized carbons (Fsp3) is 0.300. The van der Waals surface area contributed by atoms with Crippen LogP contribution in [0.25, 0.3) is 11.3 Å². The second kappa shape index (κ2) is 10.8. The molecule has 3 aliphatic heterocycles. The Morgan fingerprint density at radius 1 is 0.778 bits per heavy atom. The topological polar surface area (TPSA) is 35.5 Å². The molecule has 2 aromatic rings. The van der Waals surface area contributed by atoms with E-state index in [-0.39, 0.29) is 12.0 Å². The second-order valence-corrected chi connectivity index (χ2v) is 13.3. The highest BCUT2D eigenvalue weighted by atomic mass is 15.2. The van der Waals surface area contributed by atoms with E-state index >= 15 is 0 Å². The van der Waals surface area contributed by atoms with Crippen LogP contribution in [-0.4, -0.2) is 45.4 Å². The van der Waals surface area contributed by atoms with Crippen molar-refractivity contribution in [1.29, 1.82) is 0 Å². The lowest BCUT2D eigenvalue weighted by Crippen LogP contribution is -2.41. The summed E-state index contributed by atoms with van der Waals surface area (Å²) in [5.74, 6) is 1.72. The van der Waals surface area contributed by atoms with Crippen molar-refractivity contribution >= 4 is 22.6 Å². The van der Waals surface area contributed by atoms with Crippen molar-refractivity contribution in [2.75, 3.05) is 18.5 Å². The van der Waals surface area contributed by atoms with Gasteiger partial charge in [0.15, 0.2) is 0 Å². The molecule has 7 aliphatic rings. The molecule has 0 bridgehead atoms. The predicted octanol–water partition coefficient (Wildman–Crippen LogP) is 7.98. The SMILES string of the molecule is CN1CC=CCC1C1C=CC2C=C(N3c4ccncc4C4=C(c5cnccc53)N(C3=CCCC=C3)C3C=CC=CC43)C=CC2C1. The molecule has 6 unspecified atom stereocenters. The Hall–Kier alpha value is -4.48. The van der Waals surface area contributed by atoms with Crippen molar-refractivity contribution in [2.45, 2.75) is 37.8 Å². The summed E-state index contributed by atoms with van der Waals surface area (Å²) >= 11 is 0. The first-order chi connectivity index (χ1) is 22.3. The molecular weight excluding hydrogens is 550 g/mol. The van der Waals surface area contributed by atoms with Gasteiger partial charge >= 0.3 is 0 Å². The zero-order valence-electron chi connectivity index (χ0n) is 25.8. The number of hydrogen-bond acceptors (Lipinski definition) is 5. The highest BCUT2D eigenvalue weighted by molar-refractivity contribution is 6.05. The van der Waals surface area contributed by atoms with Gasteiger partial charge in [0, 0.05) is 71.7 Å². The summed E-state index contributed by atoms with van der Waals surface area (Å²) in [5, 5.41) is 0. The Labute approximate surface area is 266 Å². The molecule has 0 radical (unpaired) electrons. The molecule has 2 aromatic heterocycles. The van der Waals surface area contributed by atoms with Crippen molar-refractivity contribution in [3.63, 3.8) is 0 Å². The number of likely N-dealkylation sites (N-methyl/N-ethyl adjacent to an activating group) is 1. The number of hydrogen-bond donors (Lipinski definition) is 0. The fourth-order valence-corrected chi connectivity index (χ4v) is 8.72. The van der Waals surface area contributed by atoms with Crippen LogP contribution in [0.15, 0.2) is 133 Å². The minimum atomic E-state index is 0.218. The summed E-state index contributed by atoms with van der Waals surface area (Å²) in [6.45, 7) is 1.05. The highest BCUT2D eigenvalue weighted by Crippen LogP contribution is 2.56. The van der Waals surface area contributed by atoms with Gasteiger partial charge < -0.3 is 9.80 Å². The van der Waals surface area contributed by atoms with Crippen LogP contribution in [0, 0.1) is 23.7 Å². The third-order valence-corrected chi connectivity index (χ3v) is 10.9. The van der Waals surface area contributed by atoms with E-state index in [0.29, 0.717) is 23.8 Å². The van der Waals surface area contributed by atoms with Crippen LogP contribution in [0.1, 0.15) is 36.8 Å². The van der Waals surface area contributed by atoms with Gasteiger partial charge in [-0.3, -0.25) is 14.9 Å². The molecule has 5 nitrogen and oxygen atoms in total. The quantitative estimate of drug-likeness (QED) is 0.339. The van der Waals surface area contributed by atoms with E-state index < -0.39 is 0 Å². The van der Waals surface area contributed by atoms with E-state index in [2.05, 4.69) is 131 Å². The molecule has 0 aromatic carbocycles. The van der Waals surface area contributed by atoms with Crippen molar-refractivity contribution in [2.24, 2.45) is 23.7 Å². The predicted molar refractivity (Wildman–Crippen MR) is 183 cm³/mol. The summed E-state index contributed by atoms with van der Waals surface area (Å²) in [7, 11) is 2.27. The third kappa shape index (κ3) is 4.32. The molecule has 45 heavy (non-hydrogen) atoms. The molecule has 4 aliphatic carbocycles. The maximum Gasteiger partial charge on any atom is 0.0629 e. The number of fused-ring (bicyclic) bond motifs is 7. The van der Waals surface area contributed by atoms with E-state index in [1.807, 2.05) is 12.4 Å². The van der Waals surface area contributed by atoms with Gasteiger partial charge in [-0.05, 0) is 74.4 Å². The molecule has 224 valence electrons. The number of nitrogens with zero attached hydrogens (tertiary/aromatic N) is 5. The zero-order chi connectivity index (χ0) is 29.9. The standard InChI is InChI=1S/C40H39N5/c1-43-22-8-7-12-35(43)29-15-14-28-24-31(17-16-27(28)23-29)44-37-18-20-41-25-33(37)39-32-11-5-6-13-36(32)45(30-9-3-2-4-10-30)40(39)34-26-42-21-19-38(34)44/h3,5-11,13-21,24-29,32,35-36H,2,4,12,22-23H2,1H3. The molecule has 0 amide bonds. The first-order valence-electron chi connectivity index (χ1n) is 16.6. The average molecular weight is 590 g/mol. The minimum absolute atomic E-state index is 0.218. The molecule has 0 saturated carbocycles. The van der Waals surface area contributed by atoms with Crippen molar-refractivity contribution < 1.29 is 0 Å². The van der Waals surface area contributed by atoms with Gasteiger partial charge in [0.25, 0.3) is 0 Å². The van der Waals surface area contributed by atoms with E-state index in [0.717, 1.165) is 25.8 Å². The largest absolute Gasteiger partial charge is 0.333 e. The fourth-order valence-electron chi connectivity index (χ4n) is 8.72. The zero-order valence-corrected chi connectivity index (χ0v) is 25.8. The van der Waals surface area contributed by atoms with E-state index in [1.54, 1.807) is 0 Å². The normalized spacial score (nSPS) is 31.1. The smallest absolute Gasteiger partial charge is 0.0629 e. The van der Waals surface area contributed by atoms with Crippen LogP contribution in [0.2, 0.25) is 0 Å². The van der Waals surface area contributed by atoms with E-state index in [4.69, 9.17) is 9.97 Å². The summed E-state index contributed by atoms with van der Waals surface area (Å²) in [6.07, 6.45) is 45.8. The Morgan fingerprint density at radius 2 is 1.62 bits per heavy atom. The van der Waals surface area contributed by atoms with Gasteiger partial charge in [-0.2, -0.15) is 0 Å². The number of anilines is 2. The lowest BCUT2D eigenvalue weighted by atomic mass is 9.73. The van der Waals surface area contributed by atoms with Crippen molar-refractivity contribution in [1.82, 2.24) is 19.8 Å². The van der Waals surface area contributed by atoms with Crippen LogP contribution < -0.4 is 4.90 Å². The maximum absolute atomic E-state index is 4.73.